The topological polar surface area (TPSA) is 85.8 Å². The highest BCUT2D eigenvalue weighted by Crippen LogP contribution is 2.29. The van der Waals surface area contributed by atoms with E-state index in [2.05, 4.69) is 9.89 Å². The van der Waals surface area contributed by atoms with Crippen molar-refractivity contribution in [1.82, 2.24) is 10.1 Å². The first-order valence-corrected chi connectivity index (χ1v) is 8.89. The van der Waals surface area contributed by atoms with Gasteiger partial charge in [-0.3, -0.25) is 4.79 Å². The molecule has 0 spiro atoms. The van der Waals surface area contributed by atoms with Crippen molar-refractivity contribution in [3.05, 3.63) is 53.1 Å². The molecule has 1 aromatic carbocycles. The Kier molecular flexibility index (Phi) is 4.43. The van der Waals surface area contributed by atoms with Gasteiger partial charge in [0.1, 0.15) is 11.3 Å². The summed E-state index contributed by atoms with van der Waals surface area (Å²) in [6.45, 7) is 3.15. The SMILES string of the molecule is COC(=O)c1cc(C2CCN(C(=O)c3ccc4oc(C)cc4c3)CC2)no1. The molecule has 0 N–H and O–H groups in total. The van der Waals surface area contributed by atoms with Crippen molar-refractivity contribution in [3.8, 4) is 0 Å². The maximum Gasteiger partial charge on any atom is 0.376 e. The van der Waals surface area contributed by atoms with Crippen molar-refractivity contribution in [2.24, 2.45) is 0 Å². The van der Waals surface area contributed by atoms with Gasteiger partial charge in [0.2, 0.25) is 5.76 Å². The summed E-state index contributed by atoms with van der Waals surface area (Å²) in [7, 11) is 1.30. The second kappa shape index (κ2) is 6.90. The summed E-state index contributed by atoms with van der Waals surface area (Å²) in [6, 6.07) is 9.08. The number of benzene rings is 1. The van der Waals surface area contributed by atoms with E-state index in [9.17, 15) is 9.59 Å². The van der Waals surface area contributed by atoms with Crippen molar-refractivity contribution >= 4 is 22.8 Å². The van der Waals surface area contributed by atoms with Crippen LogP contribution in [-0.4, -0.2) is 42.1 Å². The molecule has 0 aliphatic carbocycles. The zero-order valence-corrected chi connectivity index (χ0v) is 15.2. The number of esters is 1. The molecular formula is C20H20N2O5. The molecule has 0 bridgehead atoms. The van der Waals surface area contributed by atoms with E-state index in [4.69, 9.17) is 8.94 Å². The average Bonchev–Trinajstić information content (AvgIpc) is 3.32. The lowest BCUT2D eigenvalue weighted by Crippen LogP contribution is -2.37. The fourth-order valence-corrected chi connectivity index (χ4v) is 3.55. The van der Waals surface area contributed by atoms with Gasteiger partial charge in [0, 0.05) is 36.0 Å². The highest BCUT2D eigenvalue weighted by atomic mass is 16.5. The van der Waals surface area contributed by atoms with Crippen LogP contribution < -0.4 is 0 Å². The van der Waals surface area contributed by atoms with Crippen molar-refractivity contribution in [1.29, 1.82) is 0 Å². The van der Waals surface area contributed by atoms with Gasteiger partial charge in [0.25, 0.3) is 5.91 Å². The van der Waals surface area contributed by atoms with Crippen LogP contribution >= 0.6 is 0 Å². The first-order chi connectivity index (χ1) is 13.0. The Morgan fingerprint density at radius 2 is 1.96 bits per heavy atom. The fraction of sp³-hybridized carbons (Fsp3) is 0.350. The number of nitrogens with zero attached hydrogens (tertiary/aromatic N) is 2. The molecule has 27 heavy (non-hydrogen) atoms. The molecule has 1 fully saturated rings. The first-order valence-electron chi connectivity index (χ1n) is 8.89. The van der Waals surface area contributed by atoms with Crippen LogP contribution in [0.5, 0.6) is 0 Å². The van der Waals surface area contributed by atoms with E-state index in [0.29, 0.717) is 18.7 Å². The Morgan fingerprint density at radius 3 is 2.70 bits per heavy atom. The van der Waals surface area contributed by atoms with Gasteiger partial charge in [-0.1, -0.05) is 5.16 Å². The number of ether oxygens (including phenoxy) is 1. The standard InChI is InChI=1S/C20H20N2O5/c1-12-9-15-10-14(3-4-17(15)26-12)19(23)22-7-5-13(6-8-22)16-11-18(27-21-16)20(24)25-2/h3-4,9-11,13H,5-8H2,1-2H3. The van der Waals surface area contributed by atoms with Crippen LogP contribution in [0.3, 0.4) is 0 Å². The van der Waals surface area contributed by atoms with E-state index < -0.39 is 5.97 Å². The monoisotopic (exact) mass is 368 g/mol. The number of likely N-dealkylation sites (tertiary alicyclic amines) is 1. The summed E-state index contributed by atoms with van der Waals surface area (Å²) in [5, 5.41) is 4.92. The van der Waals surface area contributed by atoms with Crippen LogP contribution in [0.2, 0.25) is 0 Å². The number of hydrogen-bond donors (Lipinski definition) is 0. The molecule has 1 aliphatic rings. The van der Waals surface area contributed by atoms with Gasteiger partial charge < -0.3 is 18.6 Å². The Morgan fingerprint density at radius 1 is 1.19 bits per heavy atom. The van der Waals surface area contributed by atoms with E-state index in [1.807, 2.05) is 30.0 Å². The predicted octanol–water partition coefficient (Wildman–Crippen LogP) is 3.54. The number of carbonyl (C=O) groups excluding carboxylic acids is 2. The summed E-state index contributed by atoms with van der Waals surface area (Å²) in [5.74, 6) is 0.579. The van der Waals surface area contributed by atoms with Crippen LogP contribution in [0.25, 0.3) is 11.0 Å². The van der Waals surface area contributed by atoms with Gasteiger partial charge in [-0.05, 0) is 44.0 Å². The van der Waals surface area contributed by atoms with Gasteiger partial charge in [-0.15, -0.1) is 0 Å². The number of aryl methyl sites for hydroxylation is 1. The second-order valence-electron chi connectivity index (χ2n) is 6.78. The third kappa shape index (κ3) is 3.32. The van der Waals surface area contributed by atoms with E-state index in [1.165, 1.54) is 7.11 Å². The molecule has 3 heterocycles. The van der Waals surface area contributed by atoms with Gasteiger partial charge in [-0.2, -0.15) is 0 Å². The number of amides is 1. The summed E-state index contributed by atoms with van der Waals surface area (Å²) in [5.41, 5.74) is 2.18. The Bertz CT molecular complexity index is 995. The summed E-state index contributed by atoms with van der Waals surface area (Å²) in [6.07, 6.45) is 1.54. The minimum atomic E-state index is -0.536. The molecular weight excluding hydrogens is 348 g/mol. The second-order valence-corrected chi connectivity index (χ2v) is 6.78. The molecule has 140 valence electrons. The molecule has 1 aliphatic heterocycles. The smallest absolute Gasteiger partial charge is 0.376 e. The fourth-order valence-electron chi connectivity index (χ4n) is 3.55. The highest BCUT2D eigenvalue weighted by molar-refractivity contribution is 5.98. The highest BCUT2D eigenvalue weighted by Gasteiger charge is 2.27. The Hall–Kier alpha value is -3.09. The number of carbonyl (C=O) groups is 2. The molecule has 4 rings (SSSR count). The Labute approximate surface area is 155 Å². The van der Waals surface area contributed by atoms with Gasteiger partial charge in [-0.25, -0.2) is 4.79 Å². The van der Waals surface area contributed by atoms with Crippen molar-refractivity contribution in [2.45, 2.75) is 25.7 Å². The maximum absolute atomic E-state index is 12.8. The number of piperidine rings is 1. The van der Waals surface area contributed by atoms with Crippen LogP contribution in [0.4, 0.5) is 0 Å². The van der Waals surface area contributed by atoms with Gasteiger partial charge in [0.05, 0.1) is 12.8 Å². The molecule has 1 saturated heterocycles. The van der Waals surface area contributed by atoms with Crippen molar-refractivity contribution in [2.75, 3.05) is 20.2 Å². The number of aromatic nitrogens is 1. The first kappa shape index (κ1) is 17.3. The zero-order chi connectivity index (χ0) is 19.0. The van der Waals surface area contributed by atoms with Crippen LogP contribution in [-0.2, 0) is 4.74 Å². The van der Waals surface area contributed by atoms with E-state index in [-0.39, 0.29) is 17.6 Å². The quantitative estimate of drug-likeness (QED) is 0.657. The number of hydrogen-bond acceptors (Lipinski definition) is 6. The predicted molar refractivity (Wildman–Crippen MR) is 96.7 cm³/mol. The van der Waals surface area contributed by atoms with Crippen molar-refractivity contribution in [3.63, 3.8) is 0 Å². The molecule has 0 radical (unpaired) electrons. The number of rotatable bonds is 3. The van der Waals surface area contributed by atoms with Crippen LogP contribution in [0.1, 0.15) is 51.1 Å². The third-order valence-corrected chi connectivity index (χ3v) is 5.00. The zero-order valence-electron chi connectivity index (χ0n) is 15.2. The normalized spacial score (nSPS) is 15.3. The lowest BCUT2D eigenvalue weighted by atomic mass is 9.93. The molecule has 7 heteroatoms. The van der Waals surface area contributed by atoms with Gasteiger partial charge >= 0.3 is 5.97 Å². The van der Waals surface area contributed by atoms with Crippen LogP contribution in [0.15, 0.2) is 39.3 Å². The summed E-state index contributed by atoms with van der Waals surface area (Å²) >= 11 is 0. The molecule has 2 aromatic heterocycles. The molecule has 1 amide bonds. The van der Waals surface area contributed by atoms with E-state index in [1.54, 1.807) is 12.1 Å². The average molecular weight is 368 g/mol. The number of methoxy groups -OCH3 is 1. The molecule has 0 saturated carbocycles. The minimum Gasteiger partial charge on any atom is -0.463 e. The maximum atomic E-state index is 12.8. The lowest BCUT2D eigenvalue weighted by molar-refractivity contribution is 0.0553. The Balaban J connectivity index is 1.42. The molecule has 7 nitrogen and oxygen atoms in total. The van der Waals surface area contributed by atoms with Crippen molar-refractivity contribution < 1.29 is 23.3 Å². The molecule has 0 atom stereocenters. The summed E-state index contributed by atoms with van der Waals surface area (Å²) < 4.78 is 15.2. The number of furan rings is 1. The van der Waals surface area contributed by atoms with E-state index >= 15 is 0 Å². The summed E-state index contributed by atoms with van der Waals surface area (Å²) in [4.78, 5) is 26.2. The van der Waals surface area contributed by atoms with Gasteiger partial charge in [0.15, 0.2) is 0 Å². The number of fused-ring (bicyclic) bond motifs is 1. The van der Waals surface area contributed by atoms with E-state index in [0.717, 1.165) is 35.3 Å². The molecule has 0 unspecified atom stereocenters. The lowest BCUT2D eigenvalue weighted by Gasteiger charge is -2.31. The minimum absolute atomic E-state index is 0.0182. The third-order valence-electron chi connectivity index (χ3n) is 5.00. The largest absolute Gasteiger partial charge is 0.463 e. The van der Waals surface area contributed by atoms with Crippen LogP contribution in [0, 0.1) is 6.92 Å². The molecule has 3 aromatic rings.